The number of fused-ring (bicyclic) bond motifs is 35. The highest BCUT2D eigenvalue weighted by Gasteiger charge is 2.75. The van der Waals surface area contributed by atoms with Gasteiger partial charge < -0.3 is 63.1 Å². The summed E-state index contributed by atoms with van der Waals surface area (Å²) >= 11 is 0. The van der Waals surface area contributed by atoms with Crippen molar-refractivity contribution in [1.29, 1.82) is 0 Å². The summed E-state index contributed by atoms with van der Waals surface area (Å²) in [5.41, 5.74) is 5.42. The Morgan fingerprint density at radius 2 is 0.517 bits per heavy atom. The number of oxime groups is 2. The molecular weight excluding hydrogens is 1860 g/mol. The molecule has 1 amide bonds. The minimum atomic E-state index is -0.278. The van der Waals surface area contributed by atoms with Crippen molar-refractivity contribution in [3.63, 3.8) is 0 Å². The maximum Gasteiger partial charge on any atom is 0.220 e. The van der Waals surface area contributed by atoms with Gasteiger partial charge in [-0.25, -0.2) is 0 Å². The molecule has 0 aromatic rings. The van der Waals surface area contributed by atoms with E-state index in [0.717, 1.165) is 351 Å². The molecule has 29 rings (SSSR count). The number of carbonyl (C=O) groups excluding carboxylic acids is 5. The molecular formula is C129H201N3O17. The summed E-state index contributed by atoms with van der Waals surface area (Å²) < 4.78 is 62.5. The summed E-state index contributed by atoms with van der Waals surface area (Å²) in [6, 6.07) is 0. The van der Waals surface area contributed by atoms with Gasteiger partial charge in [0.1, 0.15) is 23.1 Å². The van der Waals surface area contributed by atoms with Crippen molar-refractivity contribution < 1.29 is 81.8 Å². The molecule has 834 valence electrons. The Kier molecular flexibility index (Phi) is 28.7. The van der Waals surface area contributed by atoms with Crippen molar-refractivity contribution in [3.05, 3.63) is 0 Å². The summed E-state index contributed by atoms with van der Waals surface area (Å²) in [4.78, 5) is 60.9. The van der Waals surface area contributed by atoms with Gasteiger partial charge in [0.15, 0.2) is 28.9 Å². The number of Topliss-reactive ketones (excluding diaryl/α,β-unsaturated/α-hetero) is 4. The second-order valence-corrected chi connectivity index (χ2v) is 60.1. The largest absolute Gasteiger partial charge is 0.411 e. The fourth-order valence-corrected chi connectivity index (χ4v) is 47.9. The summed E-state index contributed by atoms with van der Waals surface area (Å²) in [7, 11) is 0. The molecule has 20 nitrogen and oxygen atoms in total. The van der Waals surface area contributed by atoms with Crippen LogP contribution in [-0.4, -0.2) is 152 Å². The van der Waals surface area contributed by atoms with Crippen molar-refractivity contribution in [1.82, 2.24) is 5.32 Å². The van der Waals surface area contributed by atoms with Crippen LogP contribution in [0.5, 0.6) is 0 Å². The van der Waals surface area contributed by atoms with Gasteiger partial charge in [0.05, 0.1) is 77.5 Å². The molecule has 149 heavy (non-hydrogen) atoms. The SMILES string of the molecule is C[C@]12CCC3[C@@H](CC[C@H]4CC(=NO)CCC[C@]34C)[C@@H]1CCC21OCCO1.C[C@]12CCC3[C@@H](CC[C@H]4CC(=O)CCC[C@]34C)[C@@H]1CCC21OCCO1.C[C@]12CCC3[C@@H](CC[C@H]4CC(=O)CC[C@]34C)[C@@H]1CCC21OCCO1.C[C@]12CCC3[C@@H](CC[C@H]4CC(=O)NCCC[C@]34C)[C@@H]1CCC2=O.C[C@]12CCC3[C@@H](CC[C@H]4CCC(=NO)CC[C@]34C)[C@@H]1CCC21OCCO1.C[C@]12CCC3[C@@H](CC[C@H]4CCC(=O)CC[C@]34C)[C@@H]1CCC21OCCO1. The Labute approximate surface area is 896 Å². The molecule has 23 aliphatic carbocycles. The first kappa shape index (κ1) is 107. The van der Waals surface area contributed by atoms with E-state index in [9.17, 15) is 34.4 Å². The molecule has 23 saturated carbocycles. The van der Waals surface area contributed by atoms with Crippen LogP contribution >= 0.6 is 0 Å². The third-order valence-electron chi connectivity index (χ3n) is 56.2. The minimum absolute atomic E-state index is 0.0244. The van der Waals surface area contributed by atoms with Crippen molar-refractivity contribution in [2.24, 2.45) is 217 Å². The number of nitrogens with zero attached hydrogens (tertiary/aromatic N) is 2. The van der Waals surface area contributed by atoms with E-state index < -0.39 is 0 Å². The summed E-state index contributed by atoms with van der Waals surface area (Å²) in [6.07, 6.45) is 67.5. The maximum atomic E-state index is 12.5. The zero-order valence-electron chi connectivity index (χ0n) is 95.1. The lowest BCUT2D eigenvalue weighted by molar-refractivity contribution is -0.247. The van der Waals surface area contributed by atoms with Crippen LogP contribution in [0.25, 0.3) is 0 Å². The van der Waals surface area contributed by atoms with Crippen molar-refractivity contribution >= 4 is 40.5 Å². The fraction of sp³-hybridized carbons (Fsp3) is 0.946. The van der Waals surface area contributed by atoms with E-state index in [2.05, 4.69) is 98.7 Å². The molecule has 6 unspecified atom stereocenters. The number of nitrogens with one attached hydrogen (secondary N) is 1. The van der Waals surface area contributed by atoms with Gasteiger partial charge in [-0.1, -0.05) is 93.4 Å². The van der Waals surface area contributed by atoms with Crippen molar-refractivity contribution in [2.45, 2.75) is 484 Å². The molecule has 29 aliphatic rings. The highest BCUT2D eigenvalue weighted by atomic mass is 16.8. The predicted molar refractivity (Wildman–Crippen MR) is 573 cm³/mol. The molecule has 20 heteroatoms. The van der Waals surface area contributed by atoms with E-state index in [1.54, 1.807) is 0 Å². The first-order chi connectivity index (χ1) is 71.5. The number of ether oxygens (including phenoxy) is 10. The number of rotatable bonds is 0. The first-order valence-corrected chi connectivity index (χ1v) is 63.6. The predicted octanol–water partition coefficient (Wildman–Crippen LogP) is 27.5. The summed E-state index contributed by atoms with van der Waals surface area (Å²) in [5.74, 6) is 19.2. The highest BCUT2D eigenvalue weighted by Crippen LogP contribution is 2.78. The molecule has 6 saturated heterocycles. The highest BCUT2D eigenvalue weighted by molar-refractivity contribution is 5.87. The number of carbonyl (C=O) groups is 5. The topological polar surface area (TPSA) is 255 Å². The molecule has 0 aromatic heterocycles. The van der Waals surface area contributed by atoms with Crippen LogP contribution in [0.1, 0.15) is 455 Å². The van der Waals surface area contributed by atoms with E-state index in [1.165, 1.54) is 218 Å². The summed E-state index contributed by atoms with van der Waals surface area (Å²) in [5, 5.41) is 29.0. The number of hydrogen-bond donors (Lipinski definition) is 3. The molecule has 0 bridgehead atoms. The molecule has 3 N–H and O–H groups in total. The van der Waals surface area contributed by atoms with Crippen LogP contribution in [0.15, 0.2) is 10.3 Å². The van der Waals surface area contributed by atoms with Gasteiger partial charge in [0.25, 0.3) is 0 Å². The zero-order valence-corrected chi connectivity index (χ0v) is 95.1. The van der Waals surface area contributed by atoms with Gasteiger partial charge in [-0.15, -0.1) is 0 Å². The van der Waals surface area contributed by atoms with Crippen LogP contribution in [0.4, 0.5) is 0 Å². The van der Waals surface area contributed by atoms with E-state index in [4.69, 9.17) is 47.4 Å². The smallest absolute Gasteiger partial charge is 0.220 e. The lowest BCUT2D eigenvalue weighted by Gasteiger charge is -2.60. The van der Waals surface area contributed by atoms with Crippen LogP contribution in [0.3, 0.4) is 0 Å². The van der Waals surface area contributed by atoms with Gasteiger partial charge in [0, 0.05) is 123 Å². The second kappa shape index (κ2) is 39.9. The maximum absolute atomic E-state index is 12.5. The van der Waals surface area contributed by atoms with Crippen molar-refractivity contribution in [3.8, 4) is 0 Å². The molecule has 6 aliphatic heterocycles. The lowest BCUT2D eigenvalue weighted by Crippen LogP contribution is -2.56. The normalized spacial score (nSPS) is 51.6. The third kappa shape index (κ3) is 16.7. The van der Waals surface area contributed by atoms with Gasteiger partial charge in [-0.2, -0.15) is 0 Å². The minimum Gasteiger partial charge on any atom is -0.411 e. The first-order valence-electron chi connectivity index (χ1n) is 63.6. The molecule has 29 fully saturated rings. The Bertz CT molecular complexity index is 4850. The monoisotopic (exact) mass is 2060 g/mol. The van der Waals surface area contributed by atoms with E-state index in [-0.39, 0.29) is 67.3 Å². The Morgan fingerprint density at radius 1 is 0.228 bits per heavy atom. The number of ketones is 4. The standard InChI is InChI=1S/2C22H35NO3.2C22H34O3.C21H32O3.C20H31NO2/c1-20-10-7-16(23-24)5-3-15(20)4-6-17-18(20)8-11-21(2)19(17)9-12-22(21)25-13-14-26-22;1-20-9-3-4-16(23-24)14-15(20)5-6-17-18(20)7-10-21(2)19(17)8-11-22(21)25-12-13-26-22;1-20-10-7-16(23)5-3-15(20)4-6-17-18(20)8-11-21(2)19(17)9-12-22(21)24-13-14-25-22;1-20-9-3-4-16(23)14-15(20)5-6-17-18(20)7-10-21(2)19(17)8-11-22(21)24-12-13-25-22;1-19-8-5-15(22)13-14(19)3-4-16-17(19)6-9-20(2)18(16)7-10-21(20)23-11-12-24-21;1-19-9-3-11-21-18(23)12-13(19)4-5-14-15-6-7-17(22)20(15,2)10-8-16(14)19/h2*15,17-19,24H,3-14H2,1-2H3;2*15,17-19H,3-14H2,1-2H3;14,16-18H,3-13H2,1-2H3;13-16H,3-12H2,1-2H3,(H,21,23)/t15-,17-,18?,19+,20+,21+;15-,17+,18?,19-,20-,21-;15-,17-,18?,19+,20+,21+;15-,17+,18?,19-,20-,21-;14-,16+,17?,18-,19-,20-;13-,14-,15-,16?,19-,20-/m101000/s1. The van der Waals surface area contributed by atoms with Gasteiger partial charge >= 0.3 is 0 Å². The van der Waals surface area contributed by atoms with Gasteiger partial charge in [-0.3, -0.25) is 24.0 Å². The van der Waals surface area contributed by atoms with E-state index in [1.807, 2.05) is 0 Å². The summed E-state index contributed by atoms with van der Waals surface area (Å²) in [6.45, 7) is 38.5. The van der Waals surface area contributed by atoms with E-state index in [0.29, 0.717) is 85.2 Å². The van der Waals surface area contributed by atoms with E-state index >= 15 is 0 Å². The molecule has 6 heterocycles. The van der Waals surface area contributed by atoms with Crippen molar-refractivity contribution in [2.75, 3.05) is 72.6 Å². The van der Waals surface area contributed by atoms with Crippen LogP contribution in [0, 0.1) is 207 Å². The van der Waals surface area contributed by atoms with Crippen LogP contribution in [0.2, 0.25) is 0 Å². The molecule has 5 spiro atoms. The Balaban J connectivity index is 0.0000000953. The average Bonchev–Trinajstić information content (AvgIpc) is 1.57. The quantitative estimate of drug-likeness (QED) is 0.150. The van der Waals surface area contributed by atoms with Gasteiger partial charge in [-0.05, 0) is 463 Å². The number of amides is 1. The molecule has 36 atom stereocenters. The Hall–Kier alpha value is -3.31. The molecule has 0 radical (unpaired) electrons. The Morgan fingerprint density at radius 3 is 0.893 bits per heavy atom. The van der Waals surface area contributed by atoms with Gasteiger partial charge in [0.2, 0.25) is 5.91 Å². The van der Waals surface area contributed by atoms with Crippen LogP contribution in [-0.2, 0) is 71.3 Å². The lowest BCUT2D eigenvalue weighted by atomic mass is 9.45. The fourth-order valence-electron chi connectivity index (χ4n) is 47.9. The average molecular weight is 2070 g/mol. The molecule has 0 aromatic carbocycles. The zero-order chi connectivity index (χ0) is 103. The third-order valence-corrected chi connectivity index (χ3v) is 56.2. The number of hydrogen-bond acceptors (Lipinski definition) is 19. The second-order valence-electron chi connectivity index (χ2n) is 60.1. The van der Waals surface area contributed by atoms with Crippen LogP contribution < -0.4 is 5.32 Å².